The Morgan fingerprint density at radius 1 is 0.913 bits per heavy atom. The van der Waals surface area contributed by atoms with Gasteiger partial charge >= 0.3 is 0 Å². The fourth-order valence-electron chi connectivity index (χ4n) is 3.73. The van der Waals surface area contributed by atoms with Crippen molar-refractivity contribution < 1.29 is 14.6 Å². The van der Waals surface area contributed by atoms with Crippen LogP contribution < -0.4 is 22.1 Å². The number of nitrogens with one attached hydrogen (secondary N) is 2. The number of aliphatic hydroxyl groups is 2. The van der Waals surface area contributed by atoms with Crippen molar-refractivity contribution in [3.63, 3.8) is 0 Å². The van der Waals surface area contributed by atoms with E-state index in [9.17, 15) is 10.2 Å². The van der Waals surface area contributed by atoms with Gasteiger partial charge < -0.3 is 36.7 Å². The van der Waals surface area contributed by atoms with Gasteiger partial charge in [-0.3, -0.25) is 0 Å². The lowest BCUT2D eigenvalue weighted by Crippen LogP contribution is -2.35. The quantitative estimate of drug-likeness (QED) is 0.0702. The number of fused-ring (bicyclic) bond motifs is 2. The summed E-state index contributed by atoms with van der Waals surface area (Å²) in [6.45, 7) is 7.64. The molecule has 6 aromatic rings. The summed E-state index contributed by atoms with van der Waals surface area (Å²) in [5.41, 5.74) is 13.2. The monoisotopic (exact) mass is 719 g/mol. The maximum absolute atomic E-state index is 9.50. The minimum Gasteiger partial charge on any atom is -0.468 e. The second-order valence-electron chi connectivity index (χ2n) is 10.5. The fraction of sp³-hybridized carbons (Fsp3) is 0.370. The van der Waals surface area contributed by atoms with Crippen molar-refractivity contribution >= 4 is 100 Å². The minimum atomic E-state index is -0.506. The van der Waals surface area contributed by atoms with Gasteiger partial charge in [0.15, 0.2) is 43.5 Å². The van der Waals surface area contributed by atoms with Crippen molar-refractivity contribution in [3.05, 3.63) is 40.2 Å². The molecule has 46 heavy (non-hydrogen) atoms. The first kappa shape index (κ1) is 34.0. The highest BCUT2D eigenvalue weighted by Crippen LogP contribution is 2.34. The van der Waals surface area contributed by atoms with Crippen molar-refractivity contribution in [1.82, 2.24) is 34.9 Å². The Bertz CT molecular complexity index is 1890. The van der Waals surface area contributed by atoms with E-state index in [1.165, 1.54) is 46.2 Å². The number of aliphatic hydroxyl groups excluding tert-OH is 2. The van der Waals surface area contributed by atoms with Crippen LogP contribution in [-0.2, 0) is 11.5 Å². The number of anilines is 4. The summed E-state index contributed by atoms with van der Waals surface area (Å²) >= 11 is 7.24. The van der Waals surface area contributed by atoms with E-state index in [2.05, 4.69) is 45.5 Å². The van der Waals surface area contributed by atoms with E-state index in [-0.39, 0.29) is 19.3 Å². The molecule has 6 heterocycles. The number of hydrogen-bond acceptors (Lipinski definition) is 19. The number of aryl methyl sites for hydroxylation is 1. The van der Waals surface area contributed by atoms with Crippen molar-refractivity contribution in [3.8, 4) is 0 Å². The predicted octanol–water partition coefficient (Wildman–Crippen LogP) is 5.26. The minimum absolute atomic E-state index is 0.00859. The Balaban J connectivity index is 0.000000182. The zero-order chi connectivity index (χ0) is 32.8. The van der Waals surface area contributed by atoms with E-state index in [0.717, 1.165) is 25.9 Å². The van der Waals surface area contributed by atoms with E-state index in [1.54, 1.807) is 17.6 Å². The van der Waals surface area contributed by atoms with Crippen LogP contribution in [0, 0.1) is 6.92 Å². The van der Waals surface area contributed by atoms with Crippen LogP contribution in [0.5, 0.6) is 0 Å². The molecule has 0 aliphatic heterocycles. The maximum atomic E-state index is 9.50. The molecule has 0 spiro atoms. The Hall–Kier alpha value is -3.33. The lowest BCUT2D eigenvalue weighted by molar-refractivity contribution is 0.234. The third kappa shape index (κ3) is 8.93. The molecule has 6 aromatic heterocycles. The number of thiazole rings is 3. The summed E-state index contributed by atoms with van der Waals surface area (Å²) < 4.78 is 6.89. The number of furan rings is 1. The van der Waals surface area contributed by atoms with Gasteiger partial charge in [0.25, 0.3) is 0 Å². The lowest BCUT2D eigenvalue weighted by atomic mass is 10.1. The first-order valence-corrected chi connectivity index (χ1v) is 18.3. The second-order valence-corrected chi connectivity index (χ2v) is 15.5. The van der Waals surface area contributed by atoms with Crippen LogP contribution in [0.25, 0.3) is 20.7 Å². The molecule has 0 fully saturated rings. The predicted molar refractivity (Wildman–Crippen MR) is 189 cm³/mol. The smallest absolute Gasteiger partial charge is 0.192 e. The molecule has 244 valence electrons. The Labute approximate surface area is 284 Å². The van der Waals surface area contributed by atoms with Gasteiger partial charge in [-0.1, -0.05) is 46.2 Å². The van der Waals surface area contributed by atoms with Crippen molar-refractivity contribution in [2.24, 2.45) is 0 Å². The van der Waals surface area contributed by atoms with E-state index < -0.39 is 5.54 Å². The molecular weight excluding hydrogens is 687 g/mol. The molecule has 8 N–H and O–H groups in total. The highest BCUT2D eigenvalue weighted by molar-refractivity contribution is 7.98. The second kappa shape index (κ2) is 15.1. The van der Waals surface area contributed by atoms with E-state index >= 15 is 0 Å². The van der Waals surface area contributed by atoms with Gasteiger partial charge in [-0.15, -0.1) is 11.3 Å². The summed E-state index contributed by atoms with van der Waals surface area (Å²) in [5, 5.41) is 30.3. The van der Waals surface area contributed by atoms with Crippen LogP contribution in [0.1, 0.15) is 37.2 Å². The third-order valence-corrected chi connectivity index (χ3v) is 10.3. The van der Waals surface area contributed by atoms with Gasteiger partial charge in [0.05, 0.1) is 41.5 Å². The normalized spacial score (nSPS) is 12.3. The van der Waals surface area contributed by atoms with Gasteiger partial charge in [0, 0.05) is 17.2 Å². The summed E-state index contributed by atoms with van der Waals surface area (Å²) in [6, 6.07) is 3.63. The summed E-state index contributed by atoms with van der Waals surface area (Å²) in [4.78, 5) is 30.9. The molecule has 6 rings (SSSR count). The van der Waals surface area contributed by atoms with Gasteiger partial charge in [-0.25, -0.2) is 34.9 Å². The van der Waals surface area contributed by atoms with Gasteiger partial charge in [0.1, 0.15) is 15.2 Å². The van der Waals surface area contributed by atoms with E-state index in [0.29, 0.717) is 55.0 Å². The molecule has 0 amide bonds. The molecule has 0 bridgehead atoms. The molecule has 0 saturated carbocycles. The van der Waals surface area contributed by atoms with Crippen LogP contribution in [0.15, 0.2) is 38.5 Å². The van der Waals surface area contributed by atoms with Gasteiger partial charge in [0.2, 0.25) is 0 Å². The lowest BCUT2D eigenvalue weighted by Gasteiger charge is -2.24. The third-order valence-electron chi connectivity index (χ3n) is 5.95. The highest BCUT2D eigenvalue weighted by atomic mass is 32.2. The largest absolute Gasteiger partial charge is 0.468 e. The Morgan fingerprint density at radius 2 is 1.54 bits per heavy atom. The number of rotatable bonds is 12. The number of nitrogens with two attached hydrogens (primary N) is 2. The molecule has 0 aliphatic carbocycles. The fourth-order valence-corrected chi connectivity index (χ4v) is 7.37. The number of nitrogens with zero attached hydrogens (tertiary/aromatic N) is 7. The zero-order valence-electron chi connectivity index (χ0n) is 25.3. The maximum Gasteiger partial charge on any atom is 0.192 e. The first-order chi connectivity index (χ1) is 22.0. The topological polar surface area (TPSA) is 220 Å². The first-order valence-electron chi connectivity index (χ1n) is 13.9. The number of nitrogen functional groups attached to an aromatic ring is 2. The van der Waals surface area contributed by atoms with Crippen molar-refractivity contribution in [1.29, 1.82) is 0 Å². The molecular formula is C27H33N11O3S5. The number of hydrogen-bond donors (Lipinski definition) is 6. The molecule has 0 unspecified atom stereocenters. The van der Waals surface area contributed by atoms with Crippen molar-refractivity contribution in [2.45, 2.75) is 61.1 Å². The SMILES string of the molecule is C[C@H](CO)Nc1nc(SCc2ccco2)nc2nc(N)sc12.Cc1nc(CSc2nc(NC(C)(C)CO)c3sc(N)nc3n2)cs1. The van der Waals surface area contributed by atoms with Crippen LogP contribution in [0.3, 0.4) is 0 Å². The molecule has 0 aliphatic rings. The van der Waals surface area contributed by atoms with Crippen LogP contribution in [0.4, 0.5) is 21.9 Å². The molecule has 19 heteroatoms. The average molecular weight is 720 g/mol. The zero-order valence-corrected chi connectivity index (χ0v) is 29.4. The van der Waals surface area contributed by atoms with Crippen LogP contribution >= 0.6 is 57.5 Å². The van der Waals surface area contributed by atoms with E-state index in [1.807, 2.05) is 45.2 Å². The number of thioether (sulfide) groups is 2. The van der Waals surface area contributed by atoms with Gasteiger partial charge in [-0.2, -0.15) is 0 Å². The highest BCUT2D eigenvalue weighted by Gasteiger charge is 2.21. The Morgan fingerprint density at radius 3 is 2.11 bits per heavy atom. The number of aromatic nitrogens is 7. The van der Waals surface area contributed by atoms with Gasteiger partial charge in [-0.05, 0) is 39.8 Å². The van der Waals surface area contributed by atoms with E-state index in [4.69, 9.17) is 15.9 Å². The van der Waals surface area contributed by atoms with Crippen molar-refractivity contribution in [2.75, 3.05) is 35.3 Å². The summed E-state index contributed by atoms with van der Waals surface area (Å²) in [5.74, 6) is 3.46. The molecule has 14 nitrogen and oxygen atoms in total. The van der Waals surface area contributed by atoms with Crippen LogP contribution in [0.2, 0.25) is 0 Å². The molecule has 0 aromatic carbocycles. The summed E-state index contributed by atoms with van der Waals surface area (Å²) in [6.07, 6.45) is 1.64. The molecule has 0 radical (unpaired) electrons. The Kier molecular flexibility index (Phi) is 11.1. The van der Waals surface area contributed by atoms with Crippen LogP contribution in [-0.4, -0.2) is 69.9 Å². The standard InChI is InChI=1S/C14H18N6OS3.C13H15N5O2S2/c1-7-16-8(4-22-7)5-23-13-18-10-9(24-12(15)17-10)11(19-13)20-14(2,3)6-21;1-7(5-19)15-10-9-11(16-12(14)22-9)18-13(17-10)21-6-8-3-2-4-20-8/h4,21H,5-6H2,1-3H3,(H3,15,17,18,19,20);2-4,7,19H,5-6H2,1H3,(H3,14,15,16,17,18)/t;7-/m.1/s1. The average Bonchev–Trinajstić information content (AvgIpc) is 3.82. The summed E-state index contributed by atoms with van der Waals surface area (Å²) in [7, 11) is 0. The molecule has 0 saturated heterocycles. The molecule has 1 atom stereocenters.